The van der Waals surface area contributed by atoms with Gasteiger partial charge in [-0.2, -0.15) is 0 Å². The third-order valence-electron chi connectivity index (χ3n) is 2.26. The van der Waals surface area contributed by atoms with E-state index in [4.69, 9.17) is 16.7 Å². The predicted molar refractivity (Wildman–Crippen MR) is 61.2 cm³/mol. The van der Waals surface area contributed by atoms with E-state index in [2.05, 4.69) is 5.32 Å². The average molecular weight is 230 g/mol. The number of phenolic OH excluding ortho intramolecular Hbond substituents is 1. The summed E-state index contributed by atoms with van der Waals surface area (Å²) < 4.78 is 0. The van der Waals surface area contributed by atoms with E-state index in [1.807, 2.05) is 6.92 Å². The number of halogens is 1. The van der Waals surface area contributed by atoms with Gasteiger partial charge in [-0.1, -0.05) is 11.6 Å². The van der Waals surface area contributed by atoms with Crippen molar-refractivity contribution < 1.29 is 10.2 Å². The highest BCUT2D eigenvalue weighted by molar-refractivity contribution is 6.30. The van der Waals surface area contributed by atoms with E-state index in [1.165, 1.54) is 0 Å². The molecule has 0 aromatic heterocycles. The Balaban J connectivity index is 2.76. The van der Waals surface area contributed by atoms with Gasteiger partial charge in [0.2, 0.25) is 0 Å². The molecule has 0 aliphatic heterocycles. The van der Waals surface area contributed by atoms with Gasteiger partial charge in [-0.15, -0.1) is 0 Å². The minimum Gasteiger partial charge on any atom is -0.507 e. The molecule has 0 spiro atoms. The lowest BCUT2D eigenvalue weighted by Gasteiger charge is -2.13. The Morgan fingerprint density at radius 1 is 1.47 bits per heavy atom. The molecule has 1 aromatic carbocycles. The van der Waals surface area contributed by atoms with Crippen LogP contribution in [0.1, 0.15) is 18.1 Å². The van der Waals surface area contributed by atoms with Gasteiger partial charge in [-0.25, -0.2) is 0 Å². The monoisotopic (exact) mass is 229 g/mol. The lowest BCUT2D eigenvalue weighted by molar-refractivity contribution is 0.250. The normalized spacial score (nSPS) is 12.8. The van der Waals surface area contributed by atoms with Gasteiger partial charge in [0.05, 0.1) is 6.61 Å². The molecule has 0 saturated heterocycles. The van der Waals surface area contributed by atoms with Crippen LogP contribution in [0.5, 0.6) is 5.75 Å². The van der Waals surface area contributed by atoms with Crippen LogP contribution in [0.4, 0.5) is 0 Å². The van der Waals surface area contributed by atoms with Crippen molar-refractivity contribution in [2.75, 3.05) is 6.61 Å². The third kappa shape index (κ3) is 3.38. The molecule has 0 fully saturated rings. The summed E-state index contributed by atoms with van der Waals surface area (Å²) in [5.41, 5.74) is 1.51. The van der Waals surface area contributed by atoms with Crippen molar-refractivity contribution in [3.8, 4) is 5.75 Å². The van der Waals surface area contributed by atoms with Crippen LogP contribution in [0.15, 0.2) is 12.1 Å². The molecule has 3 nitrogen and oxygen atoms in total. The Bertz CT molecular complexity index is 342. The Hall–Kier alpha value is -0.770. The summed E-state index contributed by atoms with van der Waals surface area (Å²) >= 11 is 5.88. The quantitative estimate of drug-likeness (QED) is 0.738. The molecule has 0 bridgehead atoms. The number of hydrogen-bond acceptors (Lipinski definition) is 3. The van der Waals surface area contributed by atoms with Gasteiger partial charge in [-0.05, 0) is 31.5 Å². The summed E-state index contributed by atoms with van der Waals surface area (Å²) in [5.74, 6) is 0.261. The first-order valence-electron chi connectivity index (χ1n) is 4.86. The molecule has 1 aromatic rings. The number of phenols is 1. The number of rotatable bonds is 4. The summed E-state index contributed by atoms with van der Waals surface area (Å²) in [6.45, 7) is 4.24. The molecule has 0 saturated carbocycles. The second-order valence-electron chi connectivity index (χ2n) is 3.69. The van der Waals surface area contributed by atoms with Crippen molar-refractivity contribution in [2.45, 2.75) is 26.4 Å². The molecular weight excluding hydrogens is 214 g/mol. The fourth-order valence-corrected chi connectivity index (χ4v) is 1.58. The van der Waals surface area contributed by atoms with Crippen LogP contribution in [0.2, 0.25) is 5.02 Å². The van der Waals surface area contributed by atoms with E-state index >= 15 is 0 Å². The van der Waals surface area contributed by atoms with E-state index in [-0.39, 0.29) is 18.4 Å². The van der Waals surface area contributed by atoms with E-state index in [0.717, 1.165) is 11.1 Å². The summed E-state index contributed by atoms with van der Waals surface area (Å²) in [7, 11) is 0. The highest BCUT2D eigenvalue weighted by Gasteiger charge is 2.07. The molecule has 0 amide bonds. The van der Waals surface area contributed by atoms with Crippen LogP contribution >= 0.6 is 11.6 Å². The van der Waals surface area contributed by atoms with Crippen molar-refractivity contribution in [1.29, 1.82) is 0 Å². The SMILES string of the molecule is Cc1cc(Cl)cc(CNC(C)CO)c1O. The summed E-state index contributed by atoms with van der Waals surface area (Å²) in [6, 6.07) is 3.44. The van der Waals surface area contributed by atoms with E-state index in [9.17, 15) is 5.11 Å². The van der Waals surface area contributed by atoms with Gasteiger partial charge in [0.25, 0.3) is 0 Å². The Labute approximate surface area is 94.7 Å². The third-order valence-corrected chi connectivity index (χ3v) is 2.48. The molecule has 3 N–H and O–H groups in total. The van der Waals surface area contributed by atoms with E-state index in [0.29, 0.717) is 11.6 Å². The van der Waals surface area contributed by atoms with Gasteiger partial charge in [0.1, 0.15) is 5.75 Å². The van der Waals surface area contributed by atoms with Crippen molar-refractivity contribution in [2.24, 2.45) is 0 Å². The van der Waals surface area contributed by atoms with Crippen LogP contribution in [0.3, 0.4) is 0 Å². The minimum absolute atomic E-state index is 0.00341. The van der Waals surface area contributed by atoms with Gasteiger partial charge in [-0.3, -0.25) is 0 Å². The van der Waals surface area contributed by atoms with E-state index < -0.39 is 0 Å². The van der Waals surface area contributed by atoms with Crippen molar-refractivity contribution in [3.05, 3.63) is 28.3 Å². The topological polar surface area (TPSA) is 52.5 Å². The fourth-order valence-electron chi connectivity index (χ4n) is 1.29. The fraction of sp³-hybridized carbons (Fsp3) is 0.455. The maximum Gasteiger partial charge on any atom is 0.123 e. The minimum atomic E-state index is 0.00341. The van der Waals surface area contributed by atoms with Crippen LogP contribution in [0, 0.1) is 6.92 Å². The number of aliphatic hydroxyl groups excluding tert-OH is 1. The maximum absolute atomic E-state index is 9.75. The molecule has 0 aliphatic carbocycles. The summed E-state index contributed by atoms with van der Waals surface area (Å²) in [5, 5.41) is 22.3. The number of benzene rings is 1. The molecule has 1 atom stereocenters. The summed E-state index contributed by atoms with van der Waals surface area (Å²) in [6.07, 6.45) is 0. The predicted octanol–water partition coefficient (Wildman–Crippen LogP) is 1.82. The maximum atomic E-state index is 9.75. The zero-order chi connectivity index (χ0) is 11.4. The number of aliphatic hydroxyl groups is 1. The van der Waals surface area contributed by atoms with Crippen molar-refractivity contribution in [3.63, 3.8) is 0 Å². The molecule has 84 valence electrons. The van der Waals surface area contributed by atoms with Crippen LogP contribution < -0.4 is 5.32 Å². The van der Waals surface area contributed by atoms with Gasteiger partial charge >= 0.3 is 0 Å². The highest BCUT2D eigenvalue weighted by atomic mass is 35.5. The number of aromatic hydroxyl groups is 1. The van der Waals surface area contributed by atoms with Gasteiger partial charge < -0.3 is 15.5 Å². The van der Waals surface area contributed by atoms with Crippen molar-refractivity contribution >= 4 is 11.6 Å². The summed E-state index contributed by atoms with van der Waals surface area (Å²) in [4.78, 5) is 0. The van der Waals surface area contributed by atoms with Crippen LogP contribution in [-0.4, -0.2) is 22.9 Å². The number of aryl methyl sites for hydroxylation is 1. The lowest BCUT2D eigenvalue weighted by atomic mass is 10.1. The highest BCUT2D eigenvalue weighted by Crippen LogP contribution is 2.26. The second-order valence-corrected chi connectivity index (χ2v) is 4.13. The average Bonchev–Trinajstić information content (AvgIpc) is 2.20. The molecule has 0 aliphatic rings. The largest absolute Gasteiger partial charge is 0.507 e. The second kappa shape index (κ2) is 5.35. The lowest BCUT2D eigenvalue weighted by Crippen LogP contribution is -2.28. The first-order chi connectivity index (χ1) is 7.04. The standard InChI is InChI=1S/C11H16ClNO2/c1-7-3-10(12)4-9(11(7)15)5-13-8(2)6-14/h3-4,8,13-15H,5-6H2,1-2H3. The Kier molecular flexibility index (Phi) is 4.39. The molecule has 0 radical (unpaired) electrons. The first kappa shape index (κ1) is 12.3. The van der Waals surface area contributed by atoms with Crippen molar-refractivity contribution in [1.82, 2.24) is 5.32 Å². The van der Waals surface area contributed by atoms with Crippen LogP contribution in [0.25, 0.3) is 0 Å². The first-order valence-corrected chi connectivity index (χ1v) is 5.24. The number of nitrogens with one attached hydrogen (secondary N) is 1. The molecule has 1 unspecified atom stereocenters. The van der Waals surface area contributed by atoms with Gasteiger partial charge in [0.15, 0.2) is 0 Å². The van der Waals surface area contributed by atoms with Gasteiger partial charge in [0, 0.05) is 23.2 Å². The molecule has 4 heteroatoms. The van der Waals surface area contributed by atoms with E-state index in [1.54, 1.807) is 19.1 Å². The Morgan fingerprint density at radius 3 is 2.73 bits per heavy atom. The zero-order valence-electron chi connectivity index (χ0n) is 8.92. The van der Waals surface area contributed by atoms with Crippen LogP contribution in [-0.2, 0) is 6.54 Å². The smallest absolute Gasteiger partial charge is 0.123 e. The zero-order valence-corrected chi connectivity index (χ0v) is 9.67. The molecular formula is C11H16ClNO2. The number of hydrogen-bond donors (Lipinski definition) is 3. The Morgan fingerprint density at radius 2 is 2.13 bits per heavy atom. The molecule has 15 heavy (non-hydrogen) atoms. The molecule has 0 heterocycles. The molecule has 1 rings (SSSR count).